The van der Waals surface area contributed by atoms with E-state index < -0.39 is 0 Å². The molecule has 0 aliphatic heterocycles. The molecule has 1 aromatic rings. The molecule has 1 amide bonds. The number of primary amides is 1. The van der Waals surface area contributed by atoms with E-state index in [2.05, 4.69) is 24.1 Å². The molecular weight excluding hydrogens is 210 g/mol. The Morgan fingerprint density at radius 1 is 1.33 bits per heavy atom. The number of rotatable bonds is 1. The van der Waals surface area contributed by atoms with Crippen LogP contribution in [-0.2, 0) is 4.79 Å². The summed E-state index contributed by atoms with van der Waals surface area (Å²) in [5.41, 5.74) is 10.2. The first-order valence-corrected chi connectivity index (χ1v) is 4.64. The van der Waals surface area contributed by atoms with Gasteiger partial charge in [0.05, 0.1) is 0 Å². The van der Waals surface area contributed by atoms with Gasteiger partial charge in [-0.05, 0) is 31.7 Å². The van der Waals surface area contributed by atoms with Gasteiger partial charge in [-0.2, -0.15) is 0 Å². The summed E-state index contributed by atoms with van der Waals surface area (Å²) in [6, 6.07) is 7.56. The number of carbonyl (C=O) groups is 1. The molecule has 0 unspecified atom stereocenters. The topological polar surface area (TPSA) is 93.0 Å². The molecule has 15 heavy (non-hydrogen) atoms. The number of nitrogens with two attached hydrogens (primary N) is 2. The molecule has 84 valence electrons. The monoisotopic (exact) mass is 227 g/mol. The lowest BCUT2D eigenvalue weighted by Gasteiger charge is -1.96. The van der Waals surface area contributed by atoms with Crippen molar-refractivity contribution in [3.63, 3.8) is 0 Å². The van der Waals surface area contributed by atoms with Crippen LogP contribution in [0.5, 0.6) is 0 Å². The van der Waals surface area contributed by atoms with Crippen LogP contribution in [0.3, 0.4) is 0 Å². The zero-order valence-electron chi connectivity index (χ0n) is 8.90. The lowest BCUT2D eigenvalue weighted by atomic mass is 10.1. The quantitative estimate of drug-likeness (QED) is 0.328. The first kappa shape index (κ1) is 16.1. The third kappa shape index (κ3) is 8.99. The summed E-state index contributed by atoms with van der Waals surface area (Å²) < 4.78 is 0. The lowest BCUT2D eigenvalue weighted by molar-refractivity contribution is -0.106. The second-order valence-corrected chi connectivity index (χ2v) is 2.82. The Balaban J connectivity index is 0. The van der Waals surface area contributed by atoms with Crippen molar-refractivity contribution in [3.05, 3.63) is 29.8 Å². The summed E-state index contributed by atoms with van der Waals surface area (Å²) >= 11 is 4.13. The van der Waals surface area contributed by atoms with Crippen molar-refractivity contribution < 1.29 is 4.79 Å². The van der Waals surface area contributed by atoms with Gasteiger partial charge in [0.2, 0.25) is 6.41 Å². The molecule has 0 spiro atoms. The molecule has 5 N–H and O–H groups in total. The number of nitrogens with one attached hydrogen (secondary N) is 1. The van der Waals surface area contributed by atoms with E-state index in [1.165, 1.54) is 7.05 Å². The molecule has 0 radical (unpaired) electrons. The van der Waals surface area contributed by atoms with Gasteiger partial charge in [0.25, 0.3) is 0 Å². The first-order chi connectivity index (χ1) is 7.11. The van der Waals surface area contributed by atoms with Crippen molar-refractivity contribution in [1.82, 2.24) is 0 Å². The van der Waals surface area contributed by atoms with E-state index in [1.54, 1.807) is 6.92 Å². The number of amides is 1. The Morgan fingerprint density at radius 2 is 1.67 bits per heavy atom. The molecule has 0 saturated carbocycles. The zero-order valence-corrected chi connectivity index (χ0v) is 9.79. The largest absolute Gasteiger partial charge is 0.372 e. The normalized spacial score (nSPS) is 7.47. The molecule has 5 heteroatoms. The van der Waals surface area contributed by atoms with Crippen LogP contribution in [-0.4, -0.2) is 19.2 Å². The van der Waals surface area contributed by atoms with Gasteiger partial charge >= 0.3 is 0 Å². The van der Waals surface area contributed by atoms with Gasteiger partial charge in [-0.15, -0.1) is 12.6 Å². The maximum absolute atomic E-state index is 8.58. The van der Waals surface area contributed by atoms with Gasteiger partial charge in [-0.1, -0.05) is 12.1 Å². The first-order valence-electron chi connectivity index (χ1n) is 4.19. The molecule has 4 nitrogen and oxygen atoms in total. The van der Waals surface area contributed by atoms with Gasteiger partial charge in [0, 0.05) is 10.6 Å². The van der Waals surface area contributed by atoms with E-state index in [-0.39, 0.29) is 6.41 Å². The highest BCUT2D eigenvalue weighted by molar-refractivity contribution is 7.80. The van der Waals surface area contributed by atoms with Gasteiger partial charge < -0.3 is 16.9 Å². The van der Waals surface area contributed by atoms with E-state index in [0.717, 1.165) is 10.5 Å². The molecule has 0 atom stereocenters. The highest BCUT2D eigenvalue weighted by Crippen LogP contribution is 2.07. The van der Waals surface area contributed by atoms with Crippen LogP contribution in [0.4, 0.5) is 0 Å². The van der Waals surface area contributed by atoms with Crippen molar-refractivity contribution in [2.75, 3.05) is 7.05 Å². The Hall–Kier alpha value is -1.33. The zero-order chi connectivity index (χ0) is 12.3. The minimum Gasteiger partial charge on any atom is -0.372 e. The highest BCUT2D eigenvalue weighted by atomic mass is 32.1. The summed E-state index contributed by atoms with van der Waals surface area (Å²) in [6.45, 7) is 1.77. The summed E-state index contributed by atoms with van der Waals surface area (Å²) in [7, 11) is 1.50. The fraction of sp³-hybridized carbons (Fsp3) is 0.200. The Morgan fingerprint density at radius 3 is 1.93 bits per heavy atom. The van der Waals surface area contributed by atoms with Crippen LogP contribution in [0, 0.1) is 5.41 Å². The molecule has 0 saturated heterocycles. The third-order valence-electron chi connectivity index (χ3n) is 1.30. The summed E-state index contributed by atoms with van der Waals surface area (Å²) in [4.78, 5) is 9.52. The molecule has 0 bridgehead atoms. The number of hydrogen-bond acceptors (Lipinski definition) is 4. The number of benzene rings is 1. The average Bonchev–Trinajstić information content (AvgIpc) is 2.22. The Kier molecular flexibility index (Phi) is 11.5. The number of carbonyl (C=O) groups excluding carboxylic acids is 1. The van der Waals surface area contributed by atoms with E-state index >= 15 is 0 Å². The average molecular weight is 227 g/mol. The minimum absolute atomic E-state index is 0.250. The van der Waals surface area contributed by atoms with Crippen molar-refractivity contribution in [3.8, 4) is 0 Å². The van der Waals surface area contributed by atoms with Crippen LogP contribution < -0.4 is 11.5 Å². The lowest BCUT2D eigenvalue weighted by Crippen LogP contribution is -1.89. The maximum Gasteiger partial charge on any atom is 0.204 e. The third-order valence-corrected chi connectivity index (χ3v) is 1.60. The maximum atomic E-state index is 8.58. The SMILES string of the molecule is CC(=N)c1ccc(S)cc1.CN.NC=O. The predicted molar refractivity (Wildman–Crippen MR) is 66.6 cm³/mol. The van der Waals surface area contributed by atoms with E-state index in [0.29, 0.717) is 5.71 Å². The molecule has 0 heterocycles. The molecule has 1 rings (SSSR count). The van der Waals surface area contributed by atoms with E-state index in [1.807, 2.05) is 24.3 Å². The van der Waals surface area contributed by atoms with Crippen molar-refractivity contribution in [2.45, 2.75) is 11.8 Å². The molecule has 0 aliphatic carbocycles. The smallest absolute Gasteiger partial charge is 0.204 e. The number of hydrogen-bond donors (Lipinski definition) is 4. The molecular formula is C10H17N3OS. The fourth-order valence-electron chi connectivity index (χ4n) is 0.711. The standard InChI is InChI=1S/C8H9NS.CH3NO.CH5N/c1-6(9)7-2-4-8(10)5-3-7;2-1-3;1-2/h2-5,9-10H,1H3;1H,(H2,2,3);2H2,1H3. The van der Waals surface area contributed by atoms with Crippen LogP contribution in [0.2, 0.25) is 0 Å². The van der Waals surface area contributed by atoms with Crippen LogP contribution >= 0.6 is 12.6 Å². The van der Waals surface area contributed by atoms with Crippen molar-refractivity contribution in [2.24, 2.45) is 11.5 Å². The molecule has 0 aromatic heterocycles. The van der Waals surface area contributed by atoms with Gasteiger partial charge in [0.1, 0.15) is 0 Å². The van der Waals surface area contributed by atoms with Crippen molar-refractivity contribution >= 4 is 24.8 Å². The van der Waals surface area contributed by atoms with Gasteiger partial charge in [-0.3, -0.25) is 4.79 Å². The Bertz CT molecular complexity index is 285. The Labute approximate surface area is 95.6 Å². The summed E-state index contributed by atoms with van der Waals surface area (Å²) in [5, 5.41) is 7.28. The van der Waals surface area contributed by atoms with Gasteiger partial charge in [-0.25, -0.2) is 0 Å². The minimum atomic E-state index is 0.250. The van der Waals surface area contributed by atoms with E-state index in [9.17, 15) is 0 Å². The fourth-order valence-corrected chi connectivity index (χ4v) is 0.861. The van der Waals surface area contributed by atoms with Gasteiger partial charge in [0.15, 0.2) is 0 Å². The van der Waals surface area contributed by atoms with E-state index in [4.69, 9.17) is 10.2 Å². The molecule has 0 fully saturated rings. The highest BCUT2D eigenvalue weighted by Gasteiger charge is 1.91. The van der Waals surface area contributed by atoms with Crippen molar-refractivity contribution in [1.29, 1.82) is 5.41 Å². The van der Waals surface area contributed by atoms with Crippen LogP contribution in [0.25, 0.3) is 0 Å². The predicted octanol–water partition coefficient (Wildman–Crippen LogP) is 1.04. The molecule has 1 aromatic carbocycles. The second-order valence-electron chi connectivity index (χ2n) is 2.31. The van der Waals surface area contributed by atoms with Crippen LogP contribution in [0.15, 0.2) is 29.2 Å². The second kappa shape index (κ2) is 10.7. The molecule has 0 aliphatic rings. The van der Waals surface area contributed by atoms with Crippen LogP contribution in [0.1, 0.15) is 12.5 Å². The number of thiol groups is 1. The summed E-state index contributed by atoms with van der Waals surface area (Å²) in [5.74, 6) is 0. The summed E-state index contributed by atoms with van der Waals surface area (Å²) in [6.07, 6.45) is 0.250.